The first kappa shape index (κ1) is 15.2. The minimum Gasteiger partial charge on any atom is -0.383 e. The Bertz CT molecular complexity index is 633. The number of nitrogens with zero attached hydrogens (tertiary/aromatic N) is 3. The lowest BCUT2D eigenvalue weighted by Gasteiger charge is -2.10. The SMILES string of the molecule is COCCNCc1nccn1Cc1cccc(C#N)c1F. The molecule has 1 aromatic carbocycles. The van der Waals surface area contributed by atoms with Crippen molar-refractivity contribution in [2.75, 3.05) is 20.3 Å². The quantitative estimate of drug-likeness (QED) is 0.787. The molecule has 5 nitrogen and oxygen atoms in total. The van der Waals surface area contributed by atoms with E-state index in [9.17, 15) is 4.39 Å². The van der Waals surface area contributed by atoms with Gasteiger partial charge in [0.2, 0.25) is 0 Å². The topological polar surface area (TPSA) is 62.9 Å². The van der Waals surface area contributed by atoms with Crippen LogP contribution in [0.25, 0.3) is 0 Å². The molecule has 1 N–H and O–H groups in total. The molecule has 0 unspecified atom stereocenters. The molecule has 0 aliphatic heterocycles. The van der Waals surface area contributed by atoms with Crippen LogP contribution in [0.4, 0.5) is 4.39 Å². The molecule has 0 fully saturated rings. The molecule has 1 aromatic heterocycles. The fourth-order valence-electron chi connectivity index (χ4n) is 2.00. The zero-order chi connectivity index (χ0) is 15.1. The summed E-state index contributed by atoms with van der Waals surface area (Å²) in [4.78, 5) is 4.25. The summed E-state index contributed by atoms with van der Waals surface area (Å²) in [6.45, 7) is 2.28. The summed E-state index contributed by atoms with van der Waals surface area (Å²) < 4.78 is 20.9. The molecular formula is C15H17FN4O. The molecule has 2 aromatic rings. The van der Waals surface area contributed by atoms with Gasteiger partial charge < -0.3 is 14.6 Å². The van der Waals surface area contributed by atoms with Crippen molar-refractivity contribution in [3.63, 3.8) is 0 Å². The summed E-state index contributed by atoms with van der Waals surface area (Å²) >= 11 is 0. The number of hydrogen-bond acceptors (Lipinski definition) is 4. The van der Waals surface area contributed by atoms with Crippen molar-refractivity contribution < 1.29 is 9.13 Å². The second-order valence-corrected chi connectivity index (χ2v) is 4.53. The molecule has 6 heteroatoms. The number of nitriles is 1. The minimum absolute atomic E-state index is 0.0624. The smallest absolute Gasteiger partial charge is 0.145 e. The normalized spacial score (nSPS) is 10.5. The number of halogens is 1. The van der Waals surface area contributed by atoms with Crippen LogP contribution in [-0.2, 0) is 17.8 Å². The Labute approximate surface area is 123 Å². The van der Waals surface area contributed by atoms with Crippen LogP contribution >= 0.6 is 0 Å². The highest BCUT2D eigenvalue weighted by atomic mass is 19.1. The Morgan fingerprint density at radius 1 is 1.48 bits per heavy atom. The molecule has 0 saturated carbocycles. The number of benzene rings is 1. The lowest BCUT2D eigenvalue weighted by Crippen LogP contribution is -2.21. The molecule has 2 rings (SSSR count). The van der Waals surface area contributed by atoms with E-state index in [2.05, 4.69) is 10.3 Å². The number of aromatic nitrogens is 2. The van der Waals surface area contributed by atoms with Gasteiger partial charge in [-0.05, 0) is 6.07 Å². The Morgan fingerprint density at radius 2 is 2.33 bits per heavy atom. The monoisotopic (exact) mass is 288 g/mol. The van der Waals surface area contributed by atoms with Gasteiger partial charge in [-0.15, -0.1) is 0 Å². The Balaban J connectivity index is 2.07. The van der Waals surface area contributed by atoms with Crippen LogP contribution in [0.1, 0.15) is 17.0 Å². The second-order valence-electron chi connectivity index (χ2n) is 4.53. The second kappa shape index (κ2) is 7.53. The first-order chi connectivity index (χ1) is 10.3. The number of nitrogens with one attached hydrogen (secondary N) is 1. The van der Waals surface area contributed by atoms with Gasteiger partial charge in [0, 0.05) is 31.6 Å². The van der Waals surface area contributed by atoms with Gasteiger partial charge in [0.1, 0.15) is 17.7 Å². The van der Waals surface area contributed by atoms with E-state index in [1.165, 1.54) is 6.07 Å². The van der Waals surface area contributed by atoms with E-state index >= 15 is 0 Å². The van der Waals surface area contributed by atoms with Gasteiger partial charge in [-0.3, -0.25) is 0 Å². The number of imidazole rings is 1. The van der Waals surface area contributed by atoms with Crippen LogP contribution in [0, 0.1) is 17.1 Å². The van der Waals surface area contributed by atoms with Gasteiger partial charge in [0.15, 0.2) is 0 Å². The Morgan fingerprint density at radius 3 is 3.10 bits per heavy atom. The molecular weight excluding hydrogens is 271 g/mol. The van der Waals surface area contributed by atoms with Crippen molar-refractivity contribution in [1.29, 1.82) is 5.26 Å². The van der Waals surface area contributed by atoms with Crippen molar-refractivity contribution in [2.45, 2.75) is 13.1 Å². The molecule has 1 heterocycles. The van der Waals surface area contributed by atoms with Gasteiger partial charge >= 0.3 is 0 Å². The van der Waals surface area contributed by atoms with E-state index in [-0.39, 0.29) is 5.56 Å². The van der Waals surface area contributed by atoms with Crippen LogP contribution in [0.3, 0.4) is 0 Å². The average Bonchev–Trinajstić information content (AvgIpc) is 2.93. The highest BCUT2D eigenvalue weighted by molar-refractivity contribution is 5.35. The number of hydrogen-bond donors (Lipinski definition) is 1. The molecule has 0 atom stereocenters. The van der Waals surface area contributed by atoms with E-state index in [0.29, 0.717) is 25.3 Å². The number of ether oxygens (including phenoxy) is 1. The highest BCUT2D eigenvalue weighted by Crippen LogP contribution is 2.14. The molecule has 21 heavy (non-hydrogen) atoms. The molecule has 0 aliphatic carbocycles. The zero-order valence-electron chi connectivity index (χ0n) is 11.8. The third kappa shape index (κ3) is 3.88. The van der Waals surface area contributed by atoms with E-state index < -0.39 is 5.82 Å². The summed E-state index contributed by atoms with van der Waals surface area (Å²) in [7, 11) is 1.65. The standard InChI is InChI=1S/C15H17FN4O/c1-21-8-6-18-10-14-19-5-7-20(14)11-13-4-2-3-12(9-17)15(13)16/h2-5,7,18H,6,8,10-11H2,1H3. The van der Waals surface area contributed by atoms with Gasteiger partial charge in [0.05, 0.1) is 25.3 Å². The lowest BCUT2D eigenvalue weighted by molar-refractivity contribution is 0.199. The van der Waals surface area contributed by atoms with Crippen molar-refractivity contribution in [3.8, 4) is 6.07 Å². The zero-order valence-corrected chi connectivity index (χ0v) is 11.8. The average molecular weight is 288 g/mol. The molecule has 0 saturated heterocycles. The van der Waals surface area contributed by atoms with Crippen LogP contribution in [0.2, 0.25) is 0 Å². The van der Waals surface area contributed by atoms with Crippen molar-refractivity contribution >= 4 is 0 Å². The van der Waals surface area contributed by atoms with E-state index in [1.54, 1.807) is 31.6 Å². The summed E-state index contributed by atoms with van der Waals surface area (Å²) in [5.74, 6) is 0.347. The minimum atomic E-state index is -0.466. The van der Waals surface area contributed by atoms with Crippen molar-refractivity contribution in [3.05, 3.63) is 53.4 Å². The van der Waals surface area contributed by atoms with Crippen LogP contribution in [0.5, 0.6) is 0 Å². The van der Waals surface area contributed by atoms with Crippen LogP contribution in [0.15, 0.2) is 30.6 Å². The van der Waals surface area contributed by atoms with E-state index in [0.717, 1.165) is 12.4 Å². The van der Waals surface area contributed by atoms with Crippen LogP contribution in [-0.4, -0.2) is 29.8 Å². The molecule has 0 bridgehead atoms. The molecule has 0 spiro atoms. The largest absolute Gasteiger partial charge is 0.383 e. The fourth-order valence-corrected chi connectivity index (χ4v) is 2.00. The summed E-state index contributed by atoms with van der Waals surface area (Å²) in [5, 5.41) is 12.1. The first-order valence-electron chi connectivity index (χ1n) is 6.63. The molecule has 0 aliphatic rings. The van der Waals surface area contributed by atoms with Crippen LogP contribution < -0.4 is 5.32 Å². The number of methoxy groups -OCH3 is 1. The number of rotatable bonds is 7. The third-order valence-corrected chi connectivity index (χ3v) is 3.11. The maximum atomic E-state index is 14.1. The Kier molecular flexibility index (Phi) is 5.43. The molecule has 0 radical (unpaired) electrons. The van der Waals surface area contributed by atoms with E-state index in [1.807, 2.05) is 10.6 Å². The fraction of sp³-hybridized carbons (Fsp3) is 0.333. The van der Waals surface area contributed by atoms with Crippen molar-refractivity contribution in [2.24, 2.45) is 0 Å². The van der Waals surface area contributed by atoms with Gasteiger partial charge in [-0.2, -0.15) is 5.26 Å². The van der Waals surface area contributed by atoms with Gasteiger partial charge in [-0.25, -0.2) is 9.37 Å². The predicted molar refractivity (Wildman–Crippen MR) is 76.0 cm³/mol. The summed E-state index contributed by atoms with van der Waals surface area (Å²) in [6, 6.07) is 6.69. The van der Waals surface area contributed by atoms with Gasteiger partial charge in [-0.1, -0.05) is 12.1 Å². The maximum absolute atomic E-state index is 14.1. The van der Waals surface area contributed by atoms with Gasteiger partial charge in [0.25, 0.3) is 0 Å². The first-order valence-corrected chi connectivity index (χ1v) is 6.63. The van der Waals surface area contributed by atoms with E-state index in [4.69, 9.17) is 10.00 Å². The predicted octanol–water partition coefficient (Wildman–Crippen LogP) is 1.68. The Hall–Kier alpha value is -2.23. The van der Waals surface area contributed by atoms with Crippen molar-refractivity contribution in [1.82, 2.24) is 14.9 Å². The maximum Gasteiger partial charge on any atom is 0.145 e. The molecule has 110 valence electrons. The summed E-state index contributed by atoms with van der Waals surface area (Å²) in [6.07, 6.45) is 3.48. The highest BCUT2D eigenvalue weighted by Gasteiger charge is 2.10. The molecule has 0 amide bonds. The third-order valence-electron chi connectivity index (χ3n) is 3.11. The summed E-state index contributed by atoms with van der Waals surface area (Å²) in [5.41, 5.74) is 0.539. The lowest BCUT2D eigenvalue weighted by atomic mass is 10.1.